The van der Waals surface area contributed by atoms with Gasteiger partial charge in [0.2, 0.25) is 5.95 Å². The molecule has 0 aliphatic heterocycles. The van der Waals surface area contributed by atoms with E-state index >= 15 is 0 Å². The zero-order valence-electron chi connectivity index (χ0n) is 6.39. The standard InChI is InChI=1S/C8H8FNO/c1-5-3-7(6(2)11)10-8(9)4-5/h3-4H,1-2H3. The molecule has 1 aromatic rings. The third-order valence-electron chi connectivity index (χ3n) is 1.30. The first-order chi connectivity index (χ1) is 5.09. The molecule has 0 atom stereocenters. The van der Waals surface area contributed by atoms with Crippen molar-refractivity contribution in [3.8, 4) is 0 Å². The van der Waals surface area contributed by atoms with E-state index in [0.717, 1.165) is 0 Å². The fraction of sp³-hybridized carbons (Fsp3) is 0.250. The molecule has 0 aliphatic rings. The Morgan fingerprint density at radius 2 is 2.18 bits per heavy atom. The van der Waals surface area contributed by atoms with E-state index in [1.54, 1.807) is 13.0 Å². The minimum absolute atomic E-state index is 0.183. The molecule has 58 valence electrons. The molecule has 0 spiro atoms. The molecular weight excluding hydrogens is 145 g/mol. The van der Waals surface area contributed by atoms with Crippen LogP contribution in [0.1, 0.15) is 23.0 Å². The summed E-state index contributed by atoms with van der Waals surface area (Å²) in [5.74, 6) is -0.817. The number of Topliss-reactive ketones (excluding diaryl/α,β-unsaturated/α-hetero) is 1. The predicted octanol–water partition coefficient (Wildman–Crippen LogP) is 1.73. The number of aromatic nitrogens is 1. The molecule has 0 saturated carbocycles. The summed E-state index contributed by atoms with van der Waals surface area (Å²) in [6, 6.07) is 2.85. The molecule has 1 aromatic heterocycles. The van der Waals surface area contributed by atoms with Gasteiger partial charge in [-0.25, -0.2) is 4.98 Å². The lowest BCUT2D eigenvalue weighted by molar-refractivity contribution is 0.101. The second-order valence-electron chi connectivity index (χ2n) is 2.41. The molecule has 0 amide bonds. The molecule has 0 aromatic carbocycles. The molecule has 0 unspecified atom stereocenters. The van der Waals surface area contributed by atoms with Crippen molar-refractivity contribution in [3.63, 3.8) is 0 Å². The Morgan fingerprint density at radius 3 is 2.64 bits per heavy atom. The number of hydrogen-bond acceptors (Lipinski definition) is 2. The third-order valence-corrected chi connectivity index (χ3v) is 1.30. The lowest BCUT2D eigenvalue weighted by Gasteiger charge is -1.96. The molecule has 0 bridgehead atoms. The maximum atomic E-state index is 12.5. The number of carbonyl (C=O) groups excluding carboxylic acids is 1. The Balaban J connectivity index is 3.19. The van der Waals surface area contributed by atoms with Crippen LogP contribution >= 0.6 is 0 Å². The largest absolute Gasteiger partial charge is 0.293 e. The van der Waals surface area contributed by atoms with E-state index in [-0.39, 0.29) is 11.5 Å². The molecule has 1 heterocycles. The minimum Gasteiger partial charge on any atom is -0.293 e. The van der Waals surface area contributed by atoms with Crippen molar-refractivity contribution in [1.82, 2.24) is 4.98 Å². The van der Waals surface area contributed by atoms with Crippen molar-refractivity contribution < 1.29 is 9.18 Å². The second-order valence-corrected chi connectivity index (χ2v) is 2.41. The van der Waals surface area contributed by atoms with Crippen LogP contribution in [0.15, 0.2) is 12.1 Å². The first-order valence-electron chi connectivity index (χ1n) is 3.25. The highest BCUT2D eigenvalue weighted by atomic mass is 19.1. The van der Waals surface area contributed by atoms with Crippen molar-refractivity contribution >= 4 is 5.78 Å². The molecule has 0 radical (unpaired) electrons. The molecular formula is C8H8FNO. The first kappa shape index (κ1) is 7.85. The van der Waals surface area contributed by atoms with Crippen molar-refractivity contribution in [1.29, 1.82) is 0 Å². The Morgan fingerprint density at radius 1 is 1.55 bits per heavy atom. The molecule has 11 heavy (non-hydrogen) atoms. The number of pyridine rings is 1. The van der Waals surface area contributed by atoms with Gasteiger partial charge in [0.05, 0.1) is 0 Å². The summed E-state index contributed by atoms with van der Waals surface area (Å²) in [6.45, 7) is 3.08. The Kier molecular flexibility index (Phi) is 1.98. The predicted molar refractivity (Wildman–Crippen MR) is 38.9 cm³/mol. The number of ketones is 1. The van der Waals surface area contributed by atoms with Gasteiger partial charge in [-0.2, -0.15) is 4.39 Å². The lowest BCUT2D eigenvalue weighted by Crippen LogP contribution is -1.99. The van der Waals surface area contributed by atoms with Gasteiger partial charge in [0, 0.05) is 6.92 Å². The van der Waals surface area contributed by atoms with Gasteiger partial charge in [-0.3, -0.25) is 4.79 Å². The van der Waals surface area contributed by atoms with E-state index in [9.17, 15) is 9.18 Å². The average molecular weight is 153 g/mol. The third kappa shape index (κ3) is 1.83. The van der Waals surface area contributed by atoms with E-state index in [0.29, 0.717) is 5.56 Å². The topological polar surface area (TPSA) is 30.0 Å². The number of halogens is 1. The highest BCUT2D eigenvalue weighted by Crippen LogP contribution is 2.03. The number of aryl methyl sites for hydroxylation is 1. The highest BCUT2D eigenvalue weighted by molar-refractivity contribution is 5.92. The van der Waals surface area contributed by atoms with Crippen LogP contribution in [-0.2, 0) is 0 Å². The van der Waals surface area contributed by atoms with Crippen molar-refractivity contribution in [2.75, 3.05) is 0 Å². The summed E-state index contributed by atoms with van der Waals surface area (Å²) in [5.41, 5.74) is 0.894. The number of rotatable bonds is 1. The van der Waals surface area contributed by atoms with Gasteiger partial charge in [-0.1, -0.05) is 0 Å². The van der Waals surface area contributed by atoms with Crippen LogP contribution < -0.4 is 0 Å². The first-order valence-corrected chi connectivity index (χ1v) is 3.25. The lowest BCUT2D eigenvalue weighted by atomic mass is 10.2. The summed E-state index contributed by atoms with van der Waals surface area (Å²) >= 11 is 0. The number of hydrogen-bond donors (Lipinski definition) is 0. The summed E-state index contributed by atoms with van der Waals surface area (Å²) in [5, 5.41) is 0. The quantitative estimate of drug-likeness (QED) is 0.454. The molecule has 2 nitrogen and oxygen atoms in total. The second kappa shape index (κ2) is 2.78. The normalized spacial score (nSPS) is 9.73. The molecule has 1 rings (SSSR count). The van der Waals surface area contributed by atoms with E-state index < -0.39 is 5.95 Å². The van der Waals surface area contributed by atoms with Crippen LogP contribution in [0.3, 0.4) is 0 Å². The molecule has 0 saturated heterocycles. The van der Waals surface area contributed by atoms with E-state index in [2.05, 4.69) is 4.98 Å². The summed E-state index contributed by atoms with van der Waals surface area (Å²) in [6.07, 6.45) is 0. The smallest absolute Gasteiger partial charge is 0.213 e. The summed E-state index contributed by atoms with van der Waals surface area (Å²) in [4.78, 5) is 14.1. The molecule has 0 fully saturated rings. The van der Waals surface area contributed by atoms with E-state index in [4.69, 9.17) is 0 Å². The van der Waals surface area contributed by atoms with Crippen LogP contribution in [0.2, 0.25) is 0 Å². The van der Waals surface area contributed by atoms with Crippen LogP contribution in [-0.4, -0.2) is 10.8 Å². The minimum atomic E-state index is -0.602. The maximum absolute atomic E-state index is 12.5. The fourth-order valence-electron chi connectivity index (χ4n) is 0.805. The van der Waals surface area contributed by atoms with Gasteiger partial charge in [-0.05, 0) is 24.6 Å². The zero-order chi connectivity index (χ0) is 8.43. The summed E-state index contributed by atoms with van der Waals surface area (Å²) < 4.78 is 12.5. The molecule has 0 N–H and O–H groups in total. The van der Waals surface area contributed by atoms with Crippen molar-refractivity contribution in [2.24, 2.45) is 0 Å². The SMILES string of the molecule is CC(=O)c1cc(C)cc(F)n1. The van der Waals surface area contributed by atoms with Crippen LogP contribution in [0, 0.1) is 12.9 Å². The Labute approximate surface area is 64.1 Å². The van der Waals surface area contributed by atoms with Gasteiger partial charge >= 0.3 is 0 Å². The number of carbonyl (C=O) groups is 1. The van der Waals surface area contributed by atoms with Gasteiger partial charge in [0.25, 0.3) is 0 Å². The van der Waals surface area contributed by atoms with Crippen LogP contribution in [0.5, 0.6) is 0 Å². The van der Waals surface area contributed by atoms with Crippen molar-refractivity contribution in [3.05, 3.63) is 29.3 Å². The van der Waals surface area contributed by atoms with Crippen molar-refractivity contribution in [2.45, 2.75) is 13.8 Å². The van der Waals surface area contributed by atoms with Gasteiger partial charge in [0.15, 0.2) is 5.78 Å². The Bertz CT molecular complexity index is 276. The zero-order valence-corrected chi connectivity index (χ0v) is 6.39. The maximum Gasteiger partial charge on any atom is 0.213 e. The van der Waals surface area contributed by atoms with Gasteiger partial charge < -0.3 is 0 Å². The number of nitrogens with zero attached hydrogens (tertiary/aromatic N) is 1. The molecule has 0 aliphatic carbocycles. The van der Waals surface area contributed by atoms with Crippen LogP contribution in [0.25, 0.3) is 0 Å². The monoisotopic (exact) mass is 153 g/mol. The van der Waals surface area contributed by atoms with E-state index in [1.165, 1.54) is 13.0 Å². The van der Waals surface area contributed by atoms with E-state index in [1.807, 2.05) is 0 Å². The van der Waals surface area contributed by atoms with Crippen LogP contribution in [0.4, 0.5) is 4.39 Å². The molecule has 3 heteroatoms. The summed E-state index contributed by atoms with van der Waals surface area (Å²) in [7, 11) is 0. The fourth-order valence-corrected chi connectivity index (χ4v) is 0.805. The van der Waals surface area contributed by atoms with Gasteiger partial charge in [0.1, 0.15) is 5.69 Å². The highest BCUT2D eigenvalue weighted by Gasteiger charge is 2.02. The average Bonchev–Trinajstić information content (AvgIpc) is 1.85. The van der Waals surface area contributed by atoms with Gasteiger partial charge in [-0.15, -0.1) is 0 Å². The Hall–Kier alpha value is -1.25.